The van der Waals surface area contributed by atoms with Crippen molar-refractivity contribution in [1.82, 2.24) is 14.8 Å². The van der Waals surface area contributed by atoms with Crippen LogP contribution in [0.4, 0.5) is 0 Å². The van der Waals surface area contributed by atoms with Gasteiger partial charge in [0.2, 0.25) is 0 Å². The number of likely N-dealkylation sites (tertiary alicyclic amines) is 1. The number of ether oxygens (including phenoxy) is 1. The molecular weight excluding hydrogens is 338 g/mol. The molecule has 1 aromatic heterocycles. The topological polar surface area (TPSA) is 45.7 Å². The molecule has 0 saturated carbocycles. The first-order valence-corrected chi connectivity index (χ1v) is 9.86. The lowest BCUT2D eigenvalue weighted by molar-refractivity contribution is -0.00350. The Balaban J connectivity index is 1.55. The number of nitrogens with zero attached hydrogens (tertiary/aromatic N) is 3. The van der Waals surface area contributed by atoms with E-state index in [0.717, 1.165) is 30.9 Å². The fraction of sp³-hybridized carbons (Fsp3) is 0.455. The zero-order valence-corrected chi connectivity index (χ0v) is 15.6. The van der Waals surface area contributed by atoms with Gasteiger partial charge in [0.25, 0.3) is 5.91 Å². The van der Waals surface area contributed by atoms with E-state index in [0.29, 0.717) is 23.9 Å². The number of methoxy groups -OCH3 is 1. The van der Waals surface area contributed by atoms with E-state index in [1.54, 1.807) is 19.5 Å². The van der Waals surface area contributed by atoms with Crippen LogP contribution in [0, 0.1) is 5.92 Å². The number of rotatable bonds is 3. The number of aromatic nitrogens is 1. The molecule has 140 valence electrons. The lowest BCUT2D eigenvalue weighted by Crippen LogP contribution is -2.60. The van der Waals surface area contributed by atoms with Crippen LogP contribution in [0.1, 0.15) is 34.7 Å². The van der Waals surface area contributed by atoms with E-state index in [9.17, 15) is 4.79 Å². The normalized spacial score (nSPS) is 31.6. The van der Waals surface area contributed by atoms with Crippen LogP contribution in [0.3, 0.4) is 0 Å². The highest BCUT2D eigenvalue weighted by Crippen LogP contribution is 2.48. The number of amides is 1. The maximum Gasteiger partial charge on any atom is 0.254 e. The molecule has 0 unspecified atom stereocenters. The van der Waals surface area contributed by atoms with Crippen LogP contribution in [0.25, 0.3) is 0 Å². The highest BCUT2D eigenvalue weighted by atomic mass is 16.5. The molecule has 2 bridgehead atoms. The van der Waals surface area contributed by atoms with Crippen molar-refractivity contribution in [2.45, 2.75) is 30.8 Å². The van der Waals surface area contributed by atoms with Crippen LogP contribution in [-0.2, 0) is 0 Å². The second-order valence-electron chi connectivity index (χ2n) is 7.90. The Morgan fingerprint density at radius 3 is 2.56 bits per heavy atom. The van der Waals surface area contributed by atoms with E-state index in [1.165, 1.54) is 18.4 Å². The molecule has 5 heteroatoms. The van der Waals surface area contributed by atoms with E-state index >= 15 is 0 Å². The summed E-state index contributed by atoms with van der Waals surface area (Å²) < 4.78 is 5.67. The quantitative estimate of drug-likeness (QED) is 0.841. The molecule has 0 N–H and O–H groups in total. The Bertz CT molecular complexity index is 832. The predicted octanol–water partition coefficient (Wildman–Crippen LogP) is 2.79. The first kappa shape index (κ1) is 16.8. The summed E-state index contributed by atoms with van der Waals surface area (Å²) in [6.45, 7) is 3.05. The monoisotopic (exact) mass is 363 g/mol. The van der Waals surface area contributed by atoms with Crippen LogP contribution >= 0.6 is 0 Å². The molecule has 0 radical (unpaired) electrons. The first-order chi connectivity index (χ1) is 13.3. The van der Waals surface area contributed by atoms with Crippen molar-refractivity contribution in [2.24, 2.45) is 5.92 Å². The Hall–Kier alpha value is -2.40. The summed E-state index contributed by atoms with van der Waals surface area (Å²) in [4.78, 5) is 22.2. The van der Waals surface area contributed by atoms with Crippen molar-refractivity contribution in [3.63, 3.8) is 0 Å². The molecule has 2 aromatic rings. The van der Waals surface area contributed by atoms with Crippen molar-refractivity contribution in [3.8, 4) is 5.75 Å². The van der Waals surface area contributed by atoms with Gasteiger partial charge in [0.15, 0.2) is 0 Å². The molecule has 6 rings (SSSR count). The Morgan fingerprint density at radius 2 is 1.81 bits per heavy atom. The van der Waals surface area contributed by atoms with Gasteiger partial charge in [-0.25, -0.2) is 0 Å². The lowest BCUT2D eigenvalue weighted by Gasteiger charge is -2.51. The van der Waals surface area contributed by atoms with Gasteiger partial charge in [0.05, 0.1) is 13.2 Å². The van der Waals surface area contributed by atoms with Crippen molar-refractivity contribution in [3.05, 3.63) is 59.9 Å². The van der Waals surface area contributed by atoms with Gasteiger partial charge in [-0.05, 0) is 50.0 Å². The van der Waals surface area contributed by atoms with Gasteiger partial charge in [0, 0.05) is 42.0 Å². The number of benzene rings is 1. The summed E-state index contributed by atoms with van der Waals surface area (Å²) in [5, 5.41) is 0. The third kappa shape index (κ3) is 2.64. The molecule has 4 fully saturated rings. The zero-order chi connectivity index (χ0) is 18.4. The first-order valence-electron chi connectivity index (χ1n) is 9.86. The number of piperidine rings is 3. The third-order valence-electron chi connectivity index (χ3n) is 6.72. The maximum atomic E-state index is 13.4. The number of hydrogen-bond donors (Lipinski definition) is 0. The van der Waals surface area contributed by atoms with Gasteiger partial charge >= 0.3 is 0 Å². The smallest absolute Gasteiger partial charge is 0.254 e. The molecule has 4 saturated heterocycles. The minimum absolute atomic E-state index is 0.138. The van der Waals surface area contributed by atoms with Crippen LogP contribution in [0.2, 0.25) is 0 Å². The summed E-state index contributed by atoms with van der Waals surface area (Å²) in [5.74, 6) is 1.96. The molecule has 0 spiro atoms. The highest BCUT2D eigenvalue weighted by Gasteiger charge is 2.55. The summed E-state index contributed by atoms with van der Waals surface area (Å²) in [7, 11) is 1.73. The number of carbonyl (C=O) groups is 1. The number of fused-ring (bicyclic) bond motifs is 2. The second kappa shape index (κ2) is 6.64. The lowest BCUT2D eigenvalue weighted by atomic mass is 9.75. The Morgan fingerprint density at radius 1 is 1.07 bits per heavy atom. The summed E-state index contributed by atoms with van der Waals surface area (Å²) in [5.41, 5.74) is 1.97. The third-order valence-corrected chi connectivity index (χ3v) is 6.72. The van der Waals surface area contributed by atoms with E-state index in [2.05, 4.69) is 26.9 Å². The molecule has 5 nitrogen and oxygen atoms in total. The minimum Gasteiger partial charge on any atom is -0.496 e. The van der Waals surface area contributed by atoms with Gasteiger partial charge < -0.3 is 9.64 Å². The molecule has 4 aliphatic rings. The van der Waals surface area contributed by atoms with Crippen molar-refractivity contribution < 1.29 is 9.53 Å². The van der Waals surface area contributed by atoms with Gasteiger partial charge in [-0.1, -0.05) is 18.2 Å². The fourth-order valence-electron chi connectivity index (χ4n) is 5.56. The predicted molar refractivity (Wildman–Crippen MR) is 103 cm³/mol. The van der Waals surface area contributed by atoms with Gasteiger partial charge in [0.1, 0.15) is 5.75 Å². The average molecular weight is 363 g/mol. The van der Waals surface area contributed by atoms with Gasteiger partial charge in [-0.2, -0.15) is 0 Å². The van der Waals surface area contributed by atoms with Gasteiger partial charge in [-0.15, -0.1) is 0 Å². The number of hydrogen-bond acceptors (Lipinski definition) is 4. The zero-order valence-electron chi connectivity index (χ0n) is 15.6. The number of pyridine rings is 1. The van der Waals surface area contributed by atoms with Crippen LogP contribution in [0.15, 0.2) is 48.8 Å². The molecule has 0 aliphatic carbocycles. The molecule has 1 amide bonds. The average Bonchev–Trinajstić information content (AvgIpc) is 3.17. The molecule has 3 atom stereocenters. The summed E-state index contributed by atoms with van der Waals surface area (Å²) in [6.07, 6.45) is 5.80. The van der Waals surface area contributed by atoms with E-state index < -0.39 is 0 Å². The Labute approximate surface area is 159 Å². The van der Waals surface area contributed by atoms with Crippen LogP contribution in [-0.4, -0.2) is 59.5 Å². The highest BCUT2D eigenvalue weighted by molar-refractivity contribution is 5.94. The standard InChI is InChI=1S/C22H25N3O2/c1-27-19-5-3-2-4-17(19)18-14-25(22(26)16-6-10-23-11-7-16)20-15-8-12-24(13-9-15)21(18)20/h2-7,10-11,15,18,20-21H,8-9,12-14H2,1H3/t18-,20+,21+/m0/s1. The molecular formula is C22H25N3O2. The van der Waals surface area contributed by atoms with E-state index in [4.69, 9.17) is 4.74 Å². The molecule has 1 aromatic carbocycles. The van der Waals surface area contributed by atoms with E-state index in [1.807, 2.05) is 24.3 Å². The summed E-state index contributed by atoms with van der Waals surface area (Å²) >= 11 is 0. The van der Waals surface area contributed by atoms with Crippen molar-refractivity contribution in [1.29, 1.82) is 0 Å². The largest absolute Gasteiger partial charge is 0.496 e. The van der Waals surface area contributed by atoms with E-state index in [-0.39, 0.29) is 5.91 Å². The number of carbonyl (C=O) groups excluding carboxylic acids is 1. The molecule has 27 heavy (non-hydrogen) atoms. The molecule has 5 heterocycles. The molecule has 4 aliphatic heterocycles. The van der Waals surface area contributed by atoms with Crippen molar-refractivity contribution in [2.75, 3.05) is 26.7 Å². The fourth-order valence-corrected chi connectivity index (χ4v) is 5.56. The maximum absolute atomic E-state index is 13.4. The SMILES string of the molecule is COc1ccccc1[C@@H]1CN(C(=O)c2ccncc2)[C@@H]2C3CCN(CC3)[C@@H]21. The van der Waals surface area contributed by atoms with Crippen molar-refractivity contribution >= 4 is 5.91 Å². The number of para-hydroxylation sites is 1. The summed E-state index contributed by atoms with van der Waals surface area (Å²) in [6, 6.07) is 12.6. The second-order valence-corrected chi connectivity index (χ2v) is 7.90. The van der Waals surface area contributed by atoms with Crippen LogP contribution in [0.5, 0.6) is 5.75 Å². The minimum atomic E-state index is 0.138. The van der Waals surface area contributed by atoms with Gasteiger partial charge in [-0.3, -0.25) is 14.7 Å². The Kier molecular flexibility index (Phi) is 4.12. The van der Waals surface area contributed by atoms with Crippen LogP contribution < -0.4 is 4.74 Å².